The van der Waals surface area contributed by atoms with Crippen molar-refractivity contribution < 1.29 is 23.4 Å². The second kappa shape index (κ2) is 7.25. The summed E-state index contributed by atoms with van der Waals surface area (Å²) in [5.74, 6) is 1.53. The molecule has 138 valence electrons. The Labute approximate surface area is 149 Å². The molecule has 3 aromatic rings. The molecule has 6 nitrogen and oxygen atoms in total. The van der Waals surface area contributed by atoms with Crippen LogP contribution >= 0.6 is 0 Å². The number of alkyl halides is 2. The summed E-state index contributed by atoms with van der Waals surface area (Å²) in [7, 11) is 3.02. The second-order valence-corrected chi connectivity index (χ2v) is 5.67. The molecule has 1 N–H and O–H groups in total. The van der Waals surface area contributed by atoms with Gasteiger partial charge in [-0.05, 0) is 31.2 Å². The zero-order chi connectivity index (χ0) is 18.8. The zero-order valence-corrected chi connectivity index (χ0v) is 14.7. The quantitative estimate of drug-likeness (QED) is 0.727. The molecule has 3 rings (SSSR count). The van der Waals surface area contributed by atoms with Gasteiger partial charge in [0, 0.05) is 17.7 Å². The predicted octanol–water partition coefficient (Wildman–Crippen LogP) is 3.35. The minimum absolute atomic E-state index is 0.140. The van der Waals surface area contributed by atoms with Gasteiger partial charge in [-0.2, -0.15) is 0 Å². The molecule has 0 saturated heterocycles. The summed E-state index contributed by atoms with van der Waals surface area (Å²) in [6, 6.07) is 6.44. The van der Waals surface area contributed by atoms with Crippen LogP contribution in [-0.4, -0.2) is 40.5 Å². The molecule has 8 heteroatoms. The Balaban J connectivity index is 2.25. The molecule has 1 aromatic carbocycles. The number of methoxy groups -OCH3 is 2. The Morgan fingerprint density at radius 1 is 1.12 bits per heavy atom. The number of aliphatic hydroxyl groups excluding tert-OH is 1. The van der Waals surface area contributed by atoms with Crippen LogP contribution in [0, 0.1) is 6.92 Å². The highest BCUT2D eigenvalue weighted by Crippen LogP contribution is 2.35. The Kier molecular flexibility index (Phi) is 5.03. The molecular formula is C18H19F2N3O3. The number of imidazole rings is 1. The lowest BCUT2D eigenvalue weighted by Crippen LogP contribution is -2.05. The smallest absolute Gasteiger partial charge is 0.266 e. The minimum Gasteiger partial charge on any atom is -0.493 e. The predicted molar refractivity (Wildman–Crippen MR) is 92.8 cm³/mol. The Hall–Kier alpha value is -2.74. The molecule has 0 atom stereocenters. The number of fused-ring (bicyclic) bond motifs is 1. The summed E-state index contributed by atoms with van der Waals surface area (Å²) < 4.78 is 39.3. The van der Waals surface area contributed by atoms with Gasteiger partial charge in [0.05, 0.1) is 26.5 Å². The van der Waals surface area contributed by atoms with Crippen molar-refractivity contribution in [3.8, 4) is 22.8 Å². The number of aliphatic hydroxyl groups is 1. The van der Waals surface area contributed by atoms with Gasteiger partial charge in [0.25, 0.3) is 6.43 Å². The Morgan fingerprint density at radius 3 is 2.46 bits per heavy atom. The highest BCUT2D eigenvalue weighted by Gasteiger charge is 2.21. The topological polar surface area (TPSA) is 69.4 Å². The van der Waals surface area contributed by atoms with E-state index in [1.807, 2.05) is 0 Å². The van der Waals surface area contributed by atoms with Crippen LogP contribution in [0.5, 0.6) is 11.5 Å². The fourth-order valence-corrected chi connectivity index (χ4v) is 2.90. The van der Waals surface area contributed by atoms with Crippen LogP contribution in [0.1, 0.15) is 17.8 Å². The summed E-state index contributed by atoms with van der Waals surface area (Å²) in [5.41, 5.74) is 1.25. The lowest BCUT2D eigenvalue weighted by atomic mass is 10.1. The van der Waals surface area contributed by atoms with Crippen LogP contribution in [0.3, 0.4) is 0 Å². The lowest BCUT2D eigenvalue weighted by Gasteiger charge is -2.11. The van der Waals surface area contributed by atoms with Crippen molar-refractivity contribution in [1.82, 2.24) is 14.5 Å². The SMILES string of the molecule is COc1ccc(-c2cc(C(F)F)c3nc(C)n(CCO)c3n2)cc1OC. The van der Waals surface area contributed by atoms with Crippen LogP contribution < -0.4 is 9.47 Å². The third-order valence-corrected chi connectivity index (χ3v) is 4.16. The largest absolute Gasteiger partial charge is 0.493 e. The highest BCUT2D eigenvalue weighted by molar-refractivity contribution is 5.81. The number of aryl methyl sites for hydroxylation is 1. The number of hydrogen-bond donors (Lipinski definition) is 1. The maximum Gasteiger partial charge on any atom is 0.266 e. The molecule has 0 fully saturated rings. The van der Waals surface area contributed by atoms with Gasteiger partial charge < -0.3 is 19.1 Å². The minimum atomic E-state index is -2.70. The van der Waals surface area contributed by atoms with Gasteiger partial charge in [0.1, 0.15) is 11.3 Å². The van der Waals surface area contributed by atoms with E-state index < -0.39 is 6.43 Å². The van der Waals surface area contributed by atoms with E-state index in [9.17, 15) is 13.9 Å². The molecule has 0 unspecified atom stereocenters. The van der Waals surface area contributed by atoms with Crippen LogP contribution in [0.15, 0.2) is 24.3 Å². The number of nitrogens with zero attached hydrogens (tertiary/aromatic N) is 3. The van der Waals surface area contributed by atoms with Crippen molar-refractivity contribution in [1.29, 1.82) is 0 Å². The van der Waals surface area contributed by atoms with Crippen LogP contribution in [0.2, 0.25) is 0 Å². The van der Waals surface area contributed by atoms with E-state index in [0.29, 0.717) is 34.2 Å². The van der Waals surface area contributed by atoms with E-state index in [4.69, 9.17) is 9.47 Å². The van der Waals surface area contributed by atoms with Crippen molar-refractivity contribution in [2.24, 2.45) is 0 Å². The van der Waals surface area contributed by atoms with E-state index in [2.05, 4.69) is 9.97 Å². The molecule has 0 spiro atoms. The summed E-state index contributed by atoms with van der Waals surface area (Å²) >= 11 is 0. The molecular weight excluding hydrogens is 344 g/mol. The molecule has 0 saturated carbocycles. The molecule has 0 aliphatic carbocycles. The lowest BCUT2D eigenvalue weighted by molar-refractivity contribution is 0.153. The zero-order valence-electron chi connectivity index (χ0n) is 14.7. The van der Waals surface area contributed by atoms with Crippen molar-refractivity contribution in [2.45, 2.75) is 19.9 Å². The number of pyridine rings is 1. The van der Waals surface area contributed by atoms with Gasteiger partial charge in [-0.15, -0.1) is 0 Å². The monoisotopic (exact) mass is 363 g/mol. The van der Waals surface area contributed by atoms with Gasteiger partial charge in [0.2, 0.25) is 0 Å². The fraction of sp³-hybridized carbons (Fsp3) is 0.333. The van der Waals surface area contributed by atoms with Crippen LogP contribution in [0.25, 0.3) is 22.4 Å². The summed E-state index contributed by atoms with van der Waals surface area (Å²) in [5, 5.41) is 9.26. The number of hydrogen-bond acceptors (Lipinski definition) is 5. The first-order chi connectivity index (χ1) is 12.5. The standard InChI is InChI=1S/C18H19F2N3O3/c1-10-21-16-12(17(19)20)9-13(22-18(16)23(10)6-7-24)11-4-5-14(25-2)15(8-11)26-3/h4-5,8-9,17,24H,6-7H2,1-3H3. The van der Waals surface area contributed by atoms with Crippen LogP contribution in [-0.2, 0) is 6.54 Å². The normalized spacial score (nSPS) is 11.3. The molecule has 0 bridgehead atoms. The maximum absolute atomic E-state index is 13.6. The summed E-state index contributed by atoms with van der Waals surface area (Å²) in [6.07, 6.45) is -2.70. The van der Waals surface area contributed by atoms with E-state index in [1.54, 1.807) is 29.7 Å². The number of halogens is 2. The second-order valence-electron chi connectivity index (χ2n) is 5.67. The van der Waals surface area contributed by atoms with E-state index in [1.165, 1.54) is 20.3 Å². The van der Waals surface area contributed by atoms with E-state index >= 15 is 0 Å². The summed E-state index contributed by atoms with van der Waals surface area (Å²) in [6.45, 7) is 1.79. The third kappa shape index (κ3) is 3.08. The fourth-order valence-electron chi connectivity index (χ4n) is 2.90. The molecule has 2 heterocycles. The number of rotatable bonds is 6. The van der Waals surface area contributed by atoms with Gasteiger partial charge >= 0.3 is 0 Å². The highest BCUT2D eigenvalue weighted by atomic mass is 19.3. The molecule has 0 amide bonds. The summed E-state index contributed by atoms with van der Waals surface area (Å²) in [4.78, 5) is 8.73. The average molecular weight is 363 g/mol. The number of aromatic nitrogens is 3. The Bertz CT molecular complexity index is 941. The van der Waals surface area contributed by atoms with Gasteiger partial charge in [-0.25, -0.2) is 18.7 Å². The Morgan fingerprint density at radius 2 is 1.85 bits per heavy atom. The van der Waals surface area contributed by atoms with Gasteiger partial charge in [0.15, 0.2) is 17.1 Å². The van der Waals surface area contributed by atoms with Crippen molar-refractivity contribution >= 4 is 11.2 Å². The number of benzene rings is 1. The maximum atomic E-state index is 13.6. The first-order valence-corrected chi connectivity index (χ1v) is 7.99. The van der Waals surface area contributed by atoms with Gasteiger partial charge in [-0.1, -0.05) is 0 Å². The molecule has 2 aromatic heterocycles. The van der Waals surface area contributed by atoms with E-state index in [-0.39, 0.29) is 24.2 Å². The molecule has 26 heavy (non-hydrogen) atoms. The molecule has 0 radical (unpaired) electrons. The van der Waals surface area contributed by atoms with Crippen LogP contribution in [0.4, 0.5) is 8.78 Å². The van der Waals surface area contributed by atoms with E-state index in [0.717, 1.165) is 0 Å². The first kappa shape index (κ1) is 18.1. The molecule has 0 aliphatic rings. The van der Waals surface area contributed by atoms with Crippen molar-refractivity contribution in [2.75, 3.05) is 20.8 Å². The average Bonchev–Trinajstić information content (AvgIpc) is 2.96. The van der Waals surface area contributed by atoms with Crippen molar-refractivity contribution in [3.05, 3.63) is 35.7 Å². The van der Waals surface area contributed by atoms with Crippen molar-refractivity contribution in [3.63, 3.8) is 0 Å². The van der Waals surface area contributed by atoms with Gasteiger partial charge in [-0.3, -0.25) is 0 Å². The third-order valence-electron chi connectivity index (χ3n) is 4.16. The first-order valence-electron chi connectivity index (χ1n) is 7.99. The number of ether oxygens (including phenoxy) is 2. The molecule has 0 aliphatic heterocycles.